The lowest BCUT2D eigenvalue weighted by atomic mass is 9.79. The molecule has 0 aliphatic carbocycles. The number of rotatable bonds is 5. The average Bonchev–Trinajstić information content (AvgIpc) is 3.22. The molecule has 0 bridgehead atoms. The summed E-state index contributed by atoms with van der Waals surface area (Å²) in [6.45, 7) is 3.62. The maximum Gasteiger partial charge on any atom is 0.228 e. The van der Waals surface area contributed by atoms with Gasteiger partial charge < -0.3 is 14.5 Å². The van der Waals surface area contributed by atoms with Gasteiger partial charge >= 0.3 is 0 Å². The van der Waals surface area contributed by atoms with Crippen molar-refractivity contribution in [1.29, 1.82) is 0 Å². The highest BCUT2D eigenvalue weighted by molar-refractivity contribution is 5.78. The van der Waals surface area contributed by atoms with Crippen molar-refractivity contribution in [2.24, 2.45) is 5.92 Å². The first-order chi connectivity index (χ1) is 14.0. The van der Waals surface area contributed by atoms with E-state index in [0.29, 0.717) is 19.7 Å². The van der Waals surface area contributed by atoms with Crippen LogP contribution in [0.5, 0.6) is 0 Å². The lowest BCUT2D eigenvalue weighted by molar-refractivity contribution is -0.135. The molecule has 6 nitrogen and oxygen atoms in total. The number of amides is 1. The number of fused-ring (bicyclic) bond motifs is 2. The van der Waals surface area contributed by atoms with Gasteiger partial charge in [-0.3, -0.25) is 9.48 Å². The Kier molecular flexibility index (Phi) is 5.69. The molecule has 1 aromatic carbocycles. The standard InChI is InChI=1S/C22H29FN4O2/c1-25(2)21(28)18(16-27-10-3-9-24-27)15-26-11-7-22(8-12-26)20-5-4-19(23)14-17(20)6-13-29-22/h3-5,9-10,14,18H,6-8,11-13,15-16H2,1-2H3. The van der Waals surface area contributed by atoms with E-state index in [1.54, 1.807) is 31.3 Å². The van der Waals surface area contributed by atoms with E-state index in [0.717, 1.165) is 43.5 Å². The lowest BCUT2D eigenvalue weighted by Gasteiger charge is -2.45. The Labute approximate surface area is 171 Å². The highest BCUT2D eigenvalue weighted by Gasteiger charge is 2.41. The summed E-state index contributed by atoms with van der Waals surface area (Å²) in [5.74, 6) is -0.204. The van der Waals surface area contributed by atoms with Gasteiger partial charge in [0.2, 0.25) is 5.91 Å². The zero-order valence-corrected chi connectivity index (χ0v) is 17.2. The second kappa shape index (κ2) is 8.24. The van der Waals surface area contributed by atoms with E-state index in [1.165, 1.54) is 6.07 Å². The number of nitrogens with zero attached hydrogens (tertiary/aromatic N) is 4. The van der Waals surface area contributed by atoms with E-state index in [-0.39, 0.29) is 23.2 Å². The van der Waals surface area contributed by atoms with Gasteiger partial charge in [-0.2, -0.15) is 5.10 Å². The Morgan fingerprint density at radius 1 is 1.31 bits per heavy atom. The van der Waals surface area contributed by atoms with Gasteiger partial charge in [0.25, 0.3) is 0 Å². The number of benzene rings is 1. The second-order valence-electron chi connectivity index (χ2n) is 8.35. The van der Waals surface area contributed by atoms with Gasteiger partial charge in [-0.1, -0.05) is 6.07 Å². The molecule has 156 valence electrons. The molecule has 1 fully saturated rings. The van der Waals surface area contributed by atoms with Crippen LogP contribution in [0, 0.1) is 11.7 Å². The molecule has 1 saturated heterocycles. The van der Waals surface area contributed by atoms with Crippen LogP contribution in [0.1, 0.15) is 24.0 Å². The van der Waals surface area contributed by atoms with Gasteiger partial charge in [-0.25, -0.2) is 4.39 Å². The first-order valence-electron chi connectivity index (χ1n) is 10.3. The number of halogens is 1. The molecular formula is C22H29FN4O2. The lowest BCUT2D eigenvalue weighted by Crippen LogP contribution is -2.49. The van der Waals surface area contributed by atoms with Crippen LogP contribution in [-0.2, 0) is 28.1 Å². The quantitative estimate of drug-likeness (QED) is 0.773. The number of carbonyl (C=O) groups excluding carboxylic acids is 1. The largest absolute Gasteiger partial charge is 0.370 e. The summed E-state index contributed by atoms with van der Waals surface area (Å²) < 4.78 is 21.7. The summed E-state index contributed by atoms with van der Waals surface area (Å²) in [5, 5.41) is 4.27. The van der Waals surface area contributed by atoms with Gasteiger partial charge in [0.15, 0.2) is 0 Å². The molecule has 0 saturated carbocycles. The minimum atomic E-state index is -0.319. The Bertz CT molecular complexity index is 845. The monoisotopic (exact) mass is 400 g/mol. The molecule has 29 heavy (non-hydrogen) atoms. The smallest absolute Gasteiger partial charge is 0.228 e. The maximum atomic E-state index is 13.7. The van der Waals surface area contributed by atoms with Gasteiger partial charge in [-0.05, 0) is 48.6 Å². The van der Waals surface area contributed by atoms with Gasteiger partial charge in [-0.15, -0.1) is 0 Å². The normalized spacial score (nSPS) is 19.7. The maximum absolute atomic E-state index is 13.7. The van der Waals surface area contributed by atoms with Crippen molar-refractivity contribution < 1.29 is 13.9 Å². The molecular weight excluding hydrogens is 371 g/mol. The fraction of sp³-hybridized carbons (Fsp3) is 0.545. The summed E-state index contributed by atoms with van der Waals surface area (Å²) in [7, 11) is 3.60. The summed E-state index contributed by atoms with van der Waals surface area (Å²) in [4.78, 5) is 16.7. The van der Waals surface area contributed by atoms with E-state index in [4.69, 9.17) is 4.74 Å². The number of ether oxygens (including phenoxy) is 1. The molecule has 7 heteroatoms. The Morgan fingerprint density at radius 2 is 2.10 bits per heavy atom. The molecule has 1 spiro atoms. The molecule has 1 aromatic heterocycles. The van der Waals surface area contributed by atoms with E-state index >= 15 is 0 Å². The third kappa shape index (κ3) is 4.21. The topological polar surface area (TPSA) is 50.6 Å². The van der Waals surface area contributed by atoms with Gasteiger partial charge in [0, 0.05) is 46.1 Å². The molecule has 2 aliphatic rings. The number of carbonyl (C=O) groups is 1. The molecule has 1 amide bonds. The molecule has 3 heterocycles. The summed E-state index contributed by atoms with van der Waals surface area (Å²) in [6, 6.07) is 6.97. The van der Waals surface area contributed by atoms with E-state index in [1.807, 2.05) is 23.0 Å². The average molecular weight is 400 g/mol. The first-order valence-corrected chi connectivity index (χ1v) is 10.3. The summed E-state index contributed by atoms with van der Waals surface area (Å²) in [6.07, 6.45) is 6.12. The van der Waals surface area contributed by atoms with Crippen LogP contribution in [0.25, 0.3) is 0 Å². The summed E-state index contributed by atoms with van der Waals surface area (Å²) >= 11 is 0. The number of hydrogen-bond acceptors (Lipinski definition) is 4. The Morgan fingerprint density at radius 3 is 2.79 bits per heavy atom. The van der Waals surface area contributed by atoms with Crippen molar-refractivity contribution in [1.82, 2.24) is 19.6 Å². The predicted molar refractivity (Wildman–Crippen MR) is 108 cm³/mol. The molecule has 1 unspecified atom stereocenters. The fourth-order valence-corrected chi connectivity index (χ4v) is 4.68. The first kappa shape index (κ1) is 20.0. The molecule has 0 radical (unpaired) electrons. The SMILES string of the molecule is CN(C)C(=O)C(CN1CCC2(CC1)OCCc1cc(F)ccc12)Cn1cccn1. The molecule has 2 aromatic rings. The van der Waals surface area contributed by atoms with Crippen molar-refractivity contribution in [3.8, 4) is 0 Å². The number of likely N-dealkylation sites (tertiary alicyclic amines) is 1. The summed E-state index contributed by atoms with van der Waals surface area (Å²) in [5.41, 5.74) is 1.90. The van der Waals surface area contributed by atoms with Crippen molar-refractivity contribution in [2.45, 2.75) is 31.4 Å². The Balaban J connectivity index is 1.44. The van der Waals surface area contributed by atoms with Crippen LogP contribution in [0.15, 0.2) is 36.7 Å². The minimum Gasteiger partial charge on any atom is -0.370 e. The van der Waals surface area contributed by atoms with Crippen LogP contribution in [0.4, 0.5) is 4.39 Å². The van der Waals surface area contributed by atoms with Crippen LogP contribution in [-0.4, -0.2) is 65.8 Å². The number of aromatic nitrogens is 2. The predicted octanol–water partition coefficient (Wildman–Crippen LogP) is 2.29. The molecule has 0 N–H and O–H groups in total. The van der Waals surface area contributed by atoms with Gasteiger partial charge in [0.05, 0.1) is 24.7 Å². The molecule has 4 rings (SSSR count). The van der Waals surface area contributed by atoms with Crippen LogP contribution in [0.2, 0.25) is 0 Å². The van der Waals surface area contributed by atoms with E-state index < -0.39 is 0 Å². The zero-order chi connectivity index (χ0) is 20.4. The molecule has 1 atom stereocenters. The minimum absolute atomic E-state index is 0.121. The third-order valence-electron chi connectivity index (χ3n) is 6.21. The molecule has 2 aliphatic heterocycles. The van der Waals surface area contributed by atoms with E-state index in [9.17, 15) is 9.18 Å². The second-order valence-corrected chi connectivity index (χ2v) is 8.35. The van der Waals surface area contributed by atoms with Crippen molar-refractivity contribution in [2.75, 3.05) is 40.3 Å². The van der Waals surface area contributed by atoms with Crippen molar-refractivity contribution >= 4 is 5.91 Å². The van der Waals surface area contributed by atoms with Crippen LogP contribution in [0.3, 0.4) is 0 Å². The number of piperidine rings is 1. The van der Waals surface area contributed by atoms with Crippen LogP contribution >= 0.6 is 0 Å². The highest BCUT2D eigenvalue weighted by atomic mass is 19.1. The van der Waals surface area contributed by atoms with Crippen molar-refractivity contribution in [3.63, 3.8) is 0 Å². The highest BCUT2D eigenvalue weighted by Crippen LogP contribution is 2.41. The third-order valence-corrected chi connectivity index (χ3v) is 6.21. The van der Waals surface area contributed by atoms with Gasteiger partial charge in [0.1, 0.15) is 5.82 Å². The Hall–Kier alpha value is -2.25. The van der Waals surface area contributed by atoms with E-state index in [2.05, 4.69) is 10.00 Å². The number of hydrogen-bond donors (Lipinski definition) is 0. The van der Waals surface area contributed by atoms with Crippen LogP contribution < -0.4 is 0 Å². The fourth-order valence-electron chi connectivity index (χ4n) is 4.68. The van der Waals surface area contributed by atoms with Crippen molar-refractivity contribution in [3.05, 3.63) is 53.6 Å². The zero-order valence-electron chi connectivity index (χ0n) is 17.2.